The number of rotatable bonds is 5. The molecular weight excluding hydrogens is 228 g/mol. The molecule has 0 radical (unpaired) electrons. The second kappa shape index (κ2) is 6.04. The minimum atomic E-state index is -0.863. The summed E-state index contributed by atoms with van der Waals surface area (Å²) in [6.45, 7) is 3.69. The monoisotopic (exact) mass is 244 g/mol. The van der Waals surface area contributed by atoms with Crippen LogP contribution in [0.25, 0.3) is 0 Å². The molecule has 1 heterocycles. The molecule has 96 valence electrons. The SMILES string of the molecule is CCc1n[nH]c(=O)n1C(C)OC(=O)OCCN. The molecule has 0 fully saturated rings. The zero-order valence-electron chi connectivity index (χ0n) is 9.80. The van der Waals surface area contributed by atoms with Gasteiger partial charge in [0.05, 0.1) is 0 Å². The number of hydrogen-bond acceptors (Lipinski definition) is 6. The van der Waals surface area contributed by atoms with Crippen molar-refractivity contribution in [3.8, 4) is 0 Å². The summed E-state index contributed by atoms with van der Waals surface area (Å²) in [5, 5.41) is 6.09. The Bertz CT molecular complexity index is 425. The van der Waals surface area contributed by atoms with Crippen molar-refractivity contribution in [3.05, 3.63) is 16.3 Å². The Morgan fingerprint density at radius 3 is 2.94 bits per heavy atom. The lowest BCUT2D eigenvalue weighted by atomic mass is 10.4. The van der Waals surface area contributed by atoms with Crippen molar-refractivity contribution >= 4 is 6.16 Å². The Labute approximate surface area is 97.7 Å². The predicted molar refractivity (Wildman–Crippen MR) is 58.4 cm³/mol. The van der Waals surface area contributed by atoms with Gasteiger partial charge in [-0.25, -0.2) is 19.3 Å². The predicted octanol–water partition coefficient (Wildman–Crippen LogP) is -0.236. The molecule has 1 aromatic heterocycles. The number of aromatic amines is 1. The minimum Gasteiger partial charge on any atom is -0.433 e. The van der Waals surface area contributed by atoms with E-state index in [-0.39, 0.29) is 13.2 Å². The third-order valence-electron chi connectivity index (χ3n) is 2.06. The summed E-state index contributed by atoms with van der Waals surface area (Å²) in [5.41, 5.74) is 4.74. The Morgan fingerprint density at radius 2 is 2.35 bits per heavy atom. The maximum absolute atomic E-state index is 11.4. The summed E-state index contributed by atoms with van der Waals surface area (Å²) in [6.07, 6.45) is -1.09. The molecule has 1 aromatic rings. The van der Waals surface area contributed by atoms with Crippen LogP contribution in [0.2, 0.25) is 0 Å². The van der Waals surface area contributed by atoms with Crippen LogP contribution in [0.4, 0.5) is 4.79 Å². The fourth-order valence-electron chi connectivity index (χ4n) is 1.33. The fourth-order valence-corrected chi connectivity index (χ4v) is 1.33. The number of H-pyrrole nitrogens is 1. The van der Waals surface area contributed by atoms with Gasteiger partial charge in [0.25, 0.3) is 0 Å². The van der Waals surface area contributed by atoms with E-state index >= 15 is 0 Å². The van der Waals surface area contributed by atoms with Crippen molar-refractivity contribution in [1.29, 1.82) is 0 Å². The largest absolute Gasteiger partial charge is 0.510 e. The van der Waals surface area contributed by atoms with Gasteiger partial charge in [-0.3, -0.25) is 0 Å². The van der Waals surface area contributed by atoms with Crippen molar-refractivity contribution in [1.82, 2.24) is 14.8 Å². The van der Waals surface area contributed by atoms with Crippen LogP contribution in [-0.2, 0) is 15.9 Å². The lowest BCUT2D eigenvalue weighted by Crippen LogP contribution is -2.26. The lowest BCUT2D eigenvalue weighted by molar-refractivity contribution is 0.00309. The minimum absolute atomic E-state index is 0.0759. The van der Waals surface area contributed by atoms with E-state index in [9.17, 15) is 9.59 Å². The van der Waals surface area contributed by atoms with E-state index in [1.165, 1.54) is 4.57 Å². The number of carbonyl (C=O) groups is 1. The van der Waals surface area contributed by atoms with Gasteiger partial charge >= 0.3 is 11.8 Å². The summed E-state index contributed by atoms with van der Waals surface area (Å²) in [7, 11) is 0. The molecule has 0 saturated carbocycles. The number of ether oxygens (including phenoxy) is 2. The van der Waals surface area contributed by atoms with E-state index in [1.54, 1.807) is 6.92 Å². The first kappa shape index (κ1) is 13.2. The highest BCUT2D eigenvalue weighted by Crippen LogP contribution is 2.08. The molecule has 1 atom stereocenters. The van der Waals surface area contributed by atoms with Crippen molar-refractivity contribution in [3.63, 3.8) is 0 Å². The molecule has 0 aliphatic carbocycles. The summed E-state index contributed by atoms with van der Waals surface area (Å²) in [6, 6.07) is 0. The average Bonchev–Trinajstić information content (AvgIpc) is 2.67. The summed E-state index contributed by atoms with van der Waals surface area (Å²) in [4.78, 5) is 22.6. The maximum atomic E-state index is 11.4. The molecule has 0 saturated heterocycles. The van der Waals surface area contributed by atoms with Crippen LogP contribution in [0.1, 0.15) is 25.9 Å². The van der Waals surface area contributed by atoms with Crippen LogP contribution < -0.4 is 11.4 Å². The second-order valence-corrected chi connectivity index (χ2v) is 3.27. The molecule has 3 N–H and O–H groups in total. The van der Waals surface area contributed by atoms with Gasteiger partial charge < -0.3 is 15.2 Å². The van der Waals surface area contributed by atoms with E-state index in [0.29, 0.717) is 12.2 Å². The lowest BCUT2D eigenvalue weighted by Gasteiger charge is -2.14. The highest BCUT2D eigenvalue weighted by molar-refractivity contribution is 5.59. The average molecular weight is 244 g/mol. The summed E-state index contributed by atoms with van der Waals surface area (Å²) >= 11 is 0. The molecule has 8 heteroatoms. The molecule has 0 amide bonds. The zero-order chi connectivity index (χ0) is 12.8. The van der Waals surface area contributed by atoms with E-state index in [1.807, 2.05) is 6.92 Å². The van der Waals surface area contributed by atoms with Gasteiger partial charge in [-0.1, -0.05) is 6.92 Å². The van der Waals surface area contributed by atoms with Crippen LogP contribution in [0.5, 0.6) is 0 Å². The molecule has 1 unspecified atom stereocenters. The Hall–Kier alpha value is -1.83. The zero-order valence-corrected chi connectivity index (χ0v) is 9.80. The van der Waals surface area contributed by atoms with Crippen LogP contribution >= 0.6 is 0 Å². The molecular formula is C9H16N4O4. The first-order chi connectivity index (χ1) is 8.10. The molecule has 0 aromatic carbocycles. The number of nitrogens with zero attached hydrogens (tertiary/aromatic N) is 2. The highest BCUT2D eigenvalue weighted by Gasteiger charge is 2.17. The second-order valence-electron chi connectivity index (χ2n) is 3.27. The van der Waals surface area contributed by atoms with Crippen LogP contribution in [-0.4, -0.2) is 34.1 Å². The number of carbonyl (C=O) groups excluding carboxylic acids is 1. The molecule has 0 aliphatic heterocycles. The topological polar surface area (TPSA) is 112 Å². The van der Waals surface area contributed by atoms with Gasteiger partial charge in [-0.15, -0.1) is 0 Å². The number of nitrogens with one attached hydrogen (secondary N) is 1. The van der Waals surface area contributed by atoms with Gasteiger partial charge in [0.1, 0.15) is 12.4 Å². The Balaban J connectivity index is 2.69. The fraction of sp³-hybridized carbons (Fsp3) is 0.667. The third-order valence-corrected chi connectivity index (χ3v) is 2.06. The number of aryl methyl sites for hydroxylation is 1. The first-order valence-corrected chi connectivity index (χ1v) is 5.29. The maximum Gasteiger partial charge on any atom is 0.510 e. The van der Waals surface area contributed by atoms with Gasteiger partial charge in [-0.05, 0) is 6.92 Å². The van der Waals surface area contributed by atoms with Crippen molar-refractivity contribution in [2.75, 3.05) is 13.2 Å². The molecule has 17 heavy (non-hydrogen) atoms. The van der Waals surface area contributed by atoms with Gasteiger partial charge in [-0.2, -0.15) is 5.10 Å². The Kier molecular flexibility index (Phi) is 4.70. The number of nitrogens with two attached hydrogens (primary N) is 1. The van der Waals surface area contributed by atoms with Gasteiger partial charge in [0, 0.05) is 13.0 Å². The van der Waals surface area contributed by atoms with Crippen molar-refractivity contribution in [2.24, 2.45) is 5.73 Å². The van der Waals surface area contributed by atoms with Crippen LogP contribution in [0.15, 0.2) is 4.79 Å². The molecule has 8 nitrogen and oxygen atoms in total. The normalized spacial score (nSPS) is 12.2. The van der Waals surface area contributed by atoms with E-state index in [4.69, 9.17) is 10.5 Å². The molecule has 0 spiro atoms. The molecule has 0 bridgehead atoms. The number of aromatic nitrogens is 3. The summed E-state index contributed by atoms with van der Waals surface area (Å²) in [5.74, 6) is 0.508. The smallest absolute Gasteiger partial charge is 0.433 e. The van der Waals surface area contributed by atoms with E-state index in [0.717, 1.165) is 0 Å². The summed E-state index contributed by atoms with van der Waals surface area (Å²) < 4.78 is 10.8. The van der Waals surface area contributed by atoms with E-state index in [2.05, 4.69) is 14.9 Å². The third kappa shape index (κ3) is 3.31. The van der Waals surface area contributed by atoms with Gasteiger partial charge in [0.15, 0.2) is 6.23 Å². The first-order valence-electron chi connectivity index (χ1n) is 5.29. The Morgan fingerprint density at radius 1 is 1.65 bits per heavy atom. The highest BCUT2D eigenvalue weighted by atomic mass is 16.7. The standard InChI is InChI=1S/C9H16N4O4/c1-3-7-11-12-8(14)13(7)6(2)17-9(15)16-5-4-10/h6H,3-5,10H2,1-2H3,(H,12,14). The molecule has 1 rings (SSSR count). The van der Waals surface area contributed by atoms with E-state index < -0.39 is 18.1 Å². The quantitative estimate of drug-likeness (QED) is 0.691. The van der Waals surface area contributed by atoms with Crippen LogP contribution in [0, 0.1) is 0 Å². The van der Waals surface area contributed by atoms with Crippen molar-refractivity contribution in [2.45, 2.75) is 26.5 Å². The number of hydrogen-bond donors (Lipinski definition) is 2. The van der Waals surface area contributed by atoms with Crippen LogP contribution in [0.3, 0.4) is 0 Å². The molecule has 0 aliphatic rings. The van der Waals surface area contributed by atoms with Crippen molar-refractivity contribution < 1.29 is 14.3 Å². The van der Waals surface area contributed by atoms with Gasteiger partial charge in [0.2, 0.25) is 0 Å².